The molecule has 6 heteroatoms. The van der Waals surface area contributed by atoms with Gasteiger partial charge in [0.2, 0.25) is 0 Å². The molecule has 6 nitrogen and oxygen atoms in total. The van der Waals surface area contributed by atoms with Gasteiger partial charge in [0.1, 0.15) is 0 Å². The number of carbonyl (C=O) groups is 3. The molecule has 2 atom stereocenters. The summed E-state index contributed by atoms with van der Waals surface area (Å²) in [6.45, 7) is 1.48. The first-order valence-electron chi connectivity index (χ1n) is 6.87. The van der Waals surface area contributed by atoms with E-state index in [0.717, 1.165) is 0 Å². The first-order chi connectivity index (χ1) is 9.95. The number of carbonyl (C=O) groups excluding carboxylic acids is 2. The van der Waals surface area contributed by atoms with Crippen LogP contribution in [0.2, 0.25) is 0 Å². The largest absolute Gasteiger partial charge is 0.481 e. The van der Waals surface area contributed by atoms with Crippen LogP contribution >= 0.6 is 0 Å². The minimum Gasteiger partial charge on any atom is -0.481 e. The normalized spacial score (nSPS) is 20.8. The van der Waals surface area contributed by atoms with E-state index >= 15 is 0 Å². The van der Waals surface area contributed by atoms with Crippen molar-refractivity contribution >= 4 is 23.5 Å². The molecule has 1 aromatic rings. The summed E-state index contributed by atoms with van der Waals surface area (Å²) in [4.78, 5) is 33.8. The maximum Gasteiger partial charge on any atom is 0.319 e. The Hall–Kier alpha value is -2.37. The highest BCUT2D eigenvalue weighted by molar-refractivity contribution is 5.95. The lowest BCUT2D eigenvalue weighted by Crippen LogP contribution is -2.36. The second-order valence-corrected chi connectivity index (χ2v) is 5.28. The molecule has 112 valence electrons. The molecule has 0 radical (unpaired) electrons. The number of rotatable bonds is 4. The van der Waals surface area contributed by atoms with Crippen LogP contribution in [0.3, 0.4) is 0 Å². The molecular formula is C15H18N2O4. The molecule has 21 heavy (non-hydrogen) atoms. The van der Waals surface area contributed by atoms with Crippen LogP contribution in [0.5, 0.6) is 0 Å². The molecular weight excluding hydrogens is 272 g/mol. The molecule has 1 saturated carbocycles. The van der Waals surface area contributed by atoms with E-state index in [0.29, 0.717) is 30.5 Å². The number of anilines is 1. The van der Waals surface area contributed by atoms with Gasteiger partial charge in [0.25, 0.3) is 0 Å². The molecule has 2 unspecified atom stereocenters. The van der Waals surface area contributed by atoms with Gasteiger partial charge in [0.15, 0.2) is 5.78 Å². The van der Waals surface area contributed by atoms with Gasteiger partial charge < -0.3 is 15.7 Å². The van der Waals surface area contributed by atoms with Gasteiger partial charge in [0, 0.05) is 17.3 Å². The summed E-state index contributed by atoms with van der Waals surface area (Å²) in [5.41, 5.74) is 1.17. The molecule has 0 aliphatic heterocycles. The molecule has 2 amide bonds. The third-order valence-electron chi connectivity index (χ3n) is 3.67. The van der Waals surface area contributed by atoms with Crippen molar-refractivity contribution in [2.45, 2.75) is 32.2 Å². The highest BCUT2D eigenvalue weighted by Gasteiger charge is 2.30. The SMILES string of the molecule is CC(=O)c1ccc(NC(=O)NC2CCC(C(=O)O)C2)cc1. The molecule has 0 saturated heterocycles. The second-order valence-electron chi connectivity index (χ2n) is 5.28. The fraction of sp³-hybridized carbons (Fsp3) is 0.400. The number of carboxylic acids is 1. The number of carboxylic acid groups (broad SMARTS) is 1. The Morgan fingerprint density at radius 1 is 1.14 bits per heavy atom. The summed E-state index contributed by atoms with van der Waals surface area (Å²) in [6, 6.07) is 6.14. The molecule has 0 heterocycles. The first-order valence-corrected chi connectivity index (χ1v) is 6.87. The predicted octanol–water partition coefficient (Wildman–Crippen LogP) is 2.26. The first kappa shape index (κ1) is 15.0. The molecule has 1 aliphatic carbocycles. The predicted molar refractivity (Wildman–Crippen MR) is 77.4 cm³/mol. The third kappa shape index (κ3) is 4.05. The molecule has 0 spiro atoms. The lowest BCUT2D eigenvalue weighted by Gasteiger charge is -2.13. The summed E-state index contributed by atoms with van der Waals surface area (Å²) in [6.07, 6.45) is 1.73. The number of hydrogen-bond acceptors (Lipinski definition) is 3. The van der Waals surface area contributed by atoms with Crippen molar-refractivity contribution in [1.82, 2.24) is 5.32 Å². The van der Waals surface area contributed by atoms with Crippen molar-refractivity contribution in [3.8, 4) is 0 Å². The summed E-state index contributed by atoms with van der Waals surface area (Å²) < 4.78 is 0. The van der Waals surface area contributed by atoms with E-state index in [9.17, 15) is 14.4 Å². The molecule has 2 rings (SSSR count). The zero-order chi connectivity index (χ0) is 15.4. The molecule has 3 N–H and O–H groups in total. The number of ketones is 1. The fourth-order valence-electron chi connectivity index (χ4n) is 2.48. The summed E-state index contributed by atoms with van der Waals surface area (Å²) in [5.74, 6) is -1.21. The van der Waals surface area contributed by atoms with E-state index < -0.39 is 5.97 Å². The van der Waals surface area contributed by atoms with Crippen molar-refractivity contribution in [1.29, 1.82) is 0 Å². The average Bonchev–Trinajstić information content (AvgIpc) is 2.87. The van der Waals surface area contributed by atoms with Gasteiger partial charge in [-0.2, -0.15) is 0 Å². The van der Waals surface area contributed by atoms with E-state index in [1.165, 1.54) is 6.92 Å². The number of Topliss-reactive ketones (excluding diaryl/α,β-unsaturated/α-hetero) is 1. The number of aliphatic carboxylic acids is 1. The highest BCUT2D eigenvalue weighted by Crippen LogP contribution is 2.25. The topological polar surface area (TPSA) is 95.5 Å². The van der Waals surface area contributed by atoms with E-state index in [2.05, 4.69) is 10.6 Å². The van der Waals surface area contributed by atoms with E-state index in [4.69, 9.17) is 5.11 Å². The molecule has 1 aromatic carbocycles. The zero-order valence-corrected chi connectivity index (χ0v) is 11.8. The van der Waals surface area contributed by atoms with Gasteiger partial charge in [-0.15, -0.1) is 0 Å². The van der Waals surface area contributed by atoms with Crippen molar-refractivity contribution in [3.63, 3.8) is 0 Å². The van der Waals surface area contributed by atoms with Crippen LogP contribution in [-0.2, 0) is 4.79 Å². The fourth-order valence-corrected chi connectivity index (χ4v) is 2.48. The van der Waals surface area contributed by atoms with Crippen molar-refractivity contribution in [3.05, 3.63) is 29.8 Å². The van der Waals surface area contributed by atoms with Gasteiger partial charge in [-0.3, -0.25) is 9.59 Å². The quantitative estimate of drug-likeness (QED) is 0.741. The summed E-state index contributed by atoms with van der Waals surface area (Å²) >= 11 is 0. The number of amides is 2. The Morgan fingerprint density at radius 3 is 2.33 bits per heavy atom. The van der Waals surface area contributed by atoms with Crippen LogP contribution in [0.1, 0.15) is 36.5 Å². The average molecular weight is 290 g/mol. The standard InChI is InChI=1S/C15H18N2O4/c1-9(18)10-2-5-12(6-3-10)16-15(21)17-13-7-4-11(8-13)14(19)20/h2-3,5-6,11,13H,4,7-8H2,1H3,(H,19,20)(H2,16,17,21). The minimum atomic E-state index is -0.806. The Balaban J connectivity index is 1.85. The molecule has 0 aromatic heterocycles. The summed E-state index contributed by atoms with van der Waals surface area (Å²) in [7, 11) is 0. The van der Waals surface area contributed by atoms with Crippen LogP contribution in [0.15, 0.2) is 24.3 Å². The number of hydrogen-bond donors (Lipinski definition) is 3. The Labute approximate surface area is 122 Å². The van der Waals surface area contributed by atoms with Crippen LogP contribution in [0.4, 0.5) is 10.5 Å². The maximum absolute atomic E-state index is 11.8. The smallest absolute Gasteiger partial charge is 0.319 e. The second kappa shape index (κ2) is 6.39. The monoisotopic (exact) mass is 290 g/mol. The van der Waals surface area contributed by atoms with Gasteiger partial charge in [-0.05, 0) is 50.5 Å². The number of benzene rings is 1. The zero-order valence-electron chi connectivity index (χ0n) is 11.8. The van der Waals surface area contributed by atoms with Gasteiger partial charge >= 0.3 is 12.0 Å². The van der Waals surface area contributed by atoms with Gasteiger partial charge in [-0.1, -0.05) is 0 Å². The number of nitrogens with one attached hydrogen (secondary N) is 2. The lowest BCUT2D eigenvalue weighted by molar-refractivity contribution is -0.141. The van der Waals surface area contributed by atoms with E-state index in [-0.39, 0.29) is 23.8 Å². The third-order valence-corrected chi connectivity index (χ3v) is 3.67. The van der Waals surface area contributed by atoms with E-state index in [1.54, 1.807) is 24.3 Å². The van der Waals surface area contributed by atoms with Crippen molar-refractivity contribution < 1.29 is 19.5 Å². The van der Waals surface area contributed by atoms with Crippen molar-refractivity contribution in [2.75, 3.05) is 5.32 Å². The Kier molecular flexibility index (Phi) is 4.57. The van der Waals surface area contributed by atoms with E-state index in [1.807, 2.05) is 0 Å². The molecule has 0 bridgehead atoms. The molecule has 1 fully saturated rings. The number of urea groups is 1. The minimum absolute atomic E-state index is 0.0309. The lowest BCUT2D eigenvalue weighted by atomic mass is 10.1. The van der Waals surface area contributed by atoms with Crippen LogP contribution in [-0.4, -0.2) is 28.9 Å². The highest BCUT2D eigenvalue weighted by atomic mass is 16.4. The molecule has 1 aliphatic rings. The van der Waals surface area contributed by atoms with Crippen LogP contribution in [0, 0.1) is 5.92 Å². The van der Waals surface area contributed by atoms with Crippen LogP contribution < -0.4 is 10.6 Å². The van der Waals surface area contributed by atoms with Crippen molar-refractivity contribution in [2.24, 2.45) is 5.92 Å². The maximum atomic E-state index is 11.8. The Bertz CT molecular complexity index is 553. The van der Waals surface area contributed by atoms with Crippen LogP contribution in [0.25, 0.3) is 0 Å². The summed E-state index contributed by atoms with van der Waals surface area (Å²) in [5, 5.41) is 14.4. The van der Waals surface area contributed by atoms with Gasteiger partial charge in [0.05, 0.1) is 5.92 Å². The Morgan fingerprint density at radius 2 is 1.81 bits per heavy atom. The van der Waals surface area contributed by atoms with Gasteiger partial charge in [-0.25, -0.2) is 4.79 Å².